The van der Waals surface area contributed by atoms with Crippen molar-refractivity contribution in [3.8, 4) is 0 Å². The van der Waals surface area contributed by atoms with Gasteiger partial charge < -0.3 is 20.7 Å². The second-order valence-electron chi connectivity index (χ2n) is 5.01. The molecular weight excluding hydrogens is 248 g/mol. The predicted molar refractivity (Wildman–Crippen MR) is 73.7 cm³/mol. The third-order valence-electron chi connectivity index (χ3n) is 2.12. The van der Waals surface area contributed by atoms with Crippen LogP contribution in [0.15, 0.2) is 5.11 Å². The fourth-order valence-corrected chi connectivity index (χ4v) is 1.38. The minimum absolute atomic E-state index is 0.392. The maximum atomic E-state index is 11.4. The number of azide groups is 1. The summed E-state index contributed by atoms with van der Waals surface area (Å²) in [6.45, 7) is 8.76. The van der Waals surface area contributed by atoms with E-state index in [0.717, 1.165) is 0 Å². The Morgan fingerprint density at radius 3 is 2.63 bits per heavy atom. The quantitative estimate of drug-likeness (QED) is 0.390. The molecule has 0 rings (SSSR count). The summed E-state index contributed by atoms with van der Waals surface area (Å²) in [5.41, 5.74) is 13.2. The van der Waals surface area contributed by atoms with E-state index < -0.39 is 11.7 Å². The standard InChI is InChI=1S/C11H24N6O2/c1-11(2,3)19-10(18)14-5-8-17(7-4-12)9-6-15-16-13/h4-9,12H2,1-3H3,(H,14,18). The van der Waals surface area contributed by atoms with Crippen LogP contribution in [0.5, 0.6) is 0 Å². The molecule has 0 fully saturated rings. The van der Waals surface area contributed by atoms with Gasteiger partial charge in [-0.1, -0.05) is 5.11 Å². The van der Waals surface area contributed by atoms with Gasteiger partial charge in [0, 0.05) is 44.2 Å². The van der Waals surface area contributed by atoms with Crippen molar-refractivity contribution >= 4 is 6.09 Å². The number of alkyl carbamates (subject to hydrolysis) is 1. The lowest BCUT2D eigenvalue weighted by molar-refractivity contribution is 0.0522. The summed E-state index contributed by atoms with van der Waals surface area (Å²) >= 11 is 0. The number of nitrogens with zero attached hydrogens (tertiary/aromatic N) is 4. The molecule has 8 heteroatoms. The van der Waals surface area contributed by atoms with Crippen molar-refractivity contribution in [1.82, 2.24) is 10.2 Å². The molecule has 0 radical (unpaired) electrons. The number of nitrogens with two attached hydrogens (primary N) is 1. The largest absolute Gasteiger partial charge is 0.444 e. The molecule has 0 atom stereocenters. The van der Waals surface area contributed by atoms with Crippen molar-refractivity contribution in [1.29, 1.82) is 0 Å². The van der Waals surface area contributed by atoms with Crippen LogP contribution in [0.3, 0.4) is 0 Å². The van der Waals surface area contributed by atoms with Crippen molar-refractivity contribution in [2.24, 2.45) is 10.8 Å². The van der Waals surface area contributed by atoms with Gasteiger partial charge in [-0.3, -0.25) is 0 Å². The molecule has 0 heterocycles. The number of ether oxygens (including phenoxy) is 1. The maximum Gasteiger partial charge on any atom is 0.407 e. The zero-order valence-electron chi connectivity index (χ0n) is 11.9. The normalized spacial score (nSPS) is 11.0. The van der Waals surface area contributed by atoms with Gasteiger partial charge in [0.2, 0.25) is 0 Å². The summed E-state index contributed by atoms with van der Waals surface area (Å²) in [6, 6.07) is 0. The van der Waals surface area contributed by atoms with Crippen molar-refractivity contribution in [3.63, 3.8) is 0 Å². The summed E-state index contributed by atoms with van der Waals surface area (Å²) in [4.78, 5) is 16.1. The monoisotopic (exact) mass is 272 g/mol. The number of nitrogens with one attached hydrogen (secondary N) is 1. The van der Waals surface area contributed by atoms with Crippen LogP contribution < -0.4 is 11.1 Å². The van der Waals surface area contributed by atoms with Gasteiger partial charge in [-0.15, -0.1) is 0 Å². The zero-order valence-corrected chi connectivity index (χ0v) is 11.9. The number of rotatable bonds is 8. The highest BCUT2D eigenvalue weighted by molar-refractivity contribution is 5.67. The van der Waals surface area contributed by atoms with Gasteiger partial charge in [0.25, 0.3) is 0 Å². The third-order valence-corrected chi connectivity index (χ3v) is 2.12. The Balaban J connectivity index is 3.91. The second kappa shape index (κ2) is 9.43. The molecule has 0 saturated carbocycles. The van der Waals surface area contributed by atoms with Gasteiger partial charge in [-0.05, 0) is 26.3 Å². The first-order valence-electron chi connectivity index (χ1n) is 6.29. The lowest BCUT2D eigenvalue weighted by atomic mass is 10.2. The van der Waals surface area contributed by atoms with Gasteiger partial charge in [0.15, 0.2) is 0 Å². The van der Waals surface area contributed by atoms with Gasteiger partial charge in [0.05, 0.1) is 0 Å². The van der Waals surface area contributed by atoms with E-state index in [0.29, 0.717) is 39.3 Å². The summed E-state index contributed by atoms with van der Waals surface area (Å²) in [5, 5.41) is 6.14. The Morgan fingerprint density at radius 2 is 2.11 bits per heavy atom. The van der Waals surface area contributed by atoms with Gasteiger partial charge >= 0.3 is 6.09 Å². The molecule has 0 aromatic rings. The summed E-state index contributed by atoms with van der Waals surface area (Å²) in [7, 11) is 0. The van der Waals surface area contributed by atoms with E-state index in [1.54, 1.807) is 0 Å². The zero-order chi connectivity index (χ0) is 14.7. The fraction of sp³-hybridized carbons (Fsp3) is 0.909. The van der Waals surface area contributed by atoms with Crippen LogP contribution >= 0.6 is 0 Å². The molecule has 0 aliphatic rings. The molecule has 0 saturated heterocycles. The molecular formula is C11H24N6O2. The molecule has 0 bridgehead atoms. The first-order valence-corrected chi connectivity index (χ1v) is 6.29. The molecule has 0 aliphatic heterocycles. The number of carbonyl (C=O) groups is 1. The van der Waals surface area contributed by atoms with Crippen LogP contribution in [-0.4, -0.2) is 55.9 Å². The molecule has 0 aromatic heterocycles. The van der Waals surface area contributed by atoms with E-state index >= 15 is 0 Å². The number of hydrogen-bond acceptors (Lipinski definition) is 5. The minimum Gasteiger partial charge on any atom is -0.444 e. The molecule has 3 N–H and O–H groups in total. The van der Waals surface area contributed by atoms with Crippen LogP contribution in [0.1, 0.15) is 20.8 Å². The average molecular weight is 272 g/mol. The van der Waals surface area contributed by atoms with Crippen molar-refractivity contribution < 1.29 is 9.53 Å². The third kappa shape index (κ3) is 11.3. The van der Waals surface area contributed by atoms with Gasteiger partial charge in [-0.25, -0.2) is 4.79 Å². The molecule has 0 unspecified atom stereocenters. The number of amides is 1. The smallest absolute Gasteiger partial charge is 0.407 e. The summed E-state index contributed by atoms with van der Waals surface area (Å²) in [5.74, 6) is 0. The van der Waals surface area contributed by atoms with Crippen LogP contribution in [0.2, 0.25) is 0 Å². The lowest BCUT2D eigenvalue weighted by Gasteiger charge is -2.22. The van der Waals surface area contributed by atoms with Crippen LogP contribution in [0.25, 0.3) is 10.4 Å². The second-order valence-corrected chi connectivity index (χ2v) is 5.01. The Morgan fingerprint density at radius 1 is 1.42 bits per heavy atom. The van der Waals surface area contributed by atoms with Gasteiger partial charge in [0.1, 0.15) is 5.60 Å². The molecule has 0 spiro atoms. The Bertz CT molecular complexity index is 309. The Kier molecular flexibility index (Phi) is 8.69. The van der Waals surface area contributed by atoms with E-state index in [1.165, 1.54) is 0 Å². The van der Waals surface area contributed by atoms with E-state index in [4.69, 9.17) is 16.0 Å². The van der Waals surface area contributed by atoms with Crippen LogP contribution in [-0.2, 0) is 4.74 Å². The van der Waals surface area contributed by atoms with E-state index in [-0.39, 0.29) is 0 Å². The number of hydrogen-bond donors (Lipinski definition) is 2. The highest BCUT2D eigenvalue weighted by Gasteiger charge is 2.15. The first kappa shape index (κ1) is 17.5. The summed E-state index contributed by atoms with van der Waals surface area (Å²) in [6.07, 6.45) is -0.435. The molecule has 19 heavy (non-hydrogen) atoms. The van der Waals surface area contributed by atoms with Crippen LogP contribution in [0.4, 0.5) is 4.79 Å². The minimum atomic E-state index is -0.497. The van der Waals surface area contributed by atoms with Crippen molar-refractivity contribution in [3.05, 3.63) is 10.4 Å². The fourth-order valence-electron chi connectivity index (χ4n) is 1.38. The molecule has 0 aromatic carbocycles. The summed E-state index contributed by atoms with van der Waals surface area (Å²) < 4.78 is 5.12. The van der Waals surface area contributed by atoms with Crippen molar-refractivity contribution in [2.75, 3.05) is 39.3 Å². The predicted octanol–water partition coefficient (Wildman–Crippen LogP) is 1.08. The molecule has 110 valence electrons. The molecule has 1 amide bonds. The molecule has 8 nitrogen and oxygen atoms in total. The van der Waals surface area contributed by atoms with Crippen molar-refractivity contribution in [2.45, 2.75) is 26.4 Å². The highest BCUT2D eigenvalue weighted by Crippen LogP contribution is 2.06. The Labute approximate surface area is 113 Å². The van der Waals surface area contributed by atoms with Gasteiger partial charge in [-0.2, -0.15) is 0 Å². The SMILES string of the molecule is CC(C)(C)OC(=O)NCCN(CCN)CCN=[N+]=[N-]. The van der Waals surface area contributed by atoms with E-state index in [2.05, 4.69) is 15.3 Å². The lowest BCUT2D eigenvalue weighted by Crippen LogP contribution is -2.40. The first-order chi connectivity index (χ1) is 8.89. The highest BCUT2D eigenvalue weighted by atomic mass is 16.6. The van der Waals surface area contributed by atoms with E-state index in [9.17, 15) is 4.79 Å². The number of carbonyl (C=O) groups excluding carboxylic acids is 1. The molecule has 0 aliphatic carbocycles. The maximum absolute atomic E-state index is 11.4. The topological polar surface area (TPSA) is 116 Å². The van der Waals surface area contributed by atoms with Crippen LogP contribution in [0, 0.1) is 0 Å². The van der Waals surface area contributed by atoms with E-state index in [1.807, 2.05) is 25.7 Å². The average Bonchev–Trinajstić information content (AvgIpc) is 2.27. The Hall–Kier alpha value is -1.50.